The summed E-state index contributed by atoms with van der Waals surface area (Å²) in [7, 11) is 1.88. The molecule has 2 aromatic heterocycles. The number of rotatable bonds is 6. The molecule has 7 heteroatoms. The van der Waals surface area contributed by atoms with Crippen molar-refractivity contribution in [3.8, 4) is 0 Å². The molecular formula is C16H25N5O2. The Kier molecular flexibility index (Phi) is 5.44. The molecule has 7 nitrogen and oxygen atoms in total. The van der Waals surface area contributed by atoms with Gasteiger partial charge in [-0.3, -0.25) is 4.68 Å². The molecule has 0 saturated carbocycles. The van der Waals surface area contributed by atoms with Crippen LogP contribution in [0.4, 0.5) is 0 Å². The van der Waals surface area contributed by atoms with Crippen molar-refractivity contribution in [1.82, 2.24) is 20.4 Å². The fourth-order valence-electron chi connectivity index (χ4n) is 2.13. The van der Waals surface area contributed by atoms with Gasteiger partial charge in [0, 0.05) is 19.8 Å². The zero-order valence-electron chi connectivity index (χ0n) is 14.1. The van der Waals surface area contributed by atoms with E-state index in [4.69, 9.17) is 4.42 Å². The quantitative estimate of drug-likeness (QED) is 0.551. The van der Waals surface area contributed by atoms with Gasteiger partial charge in [0.2, 0.25) is 0 Å². The van der Waals surface area contributed by atoms with Crippen LogP contribution in [-0.4, -0.2) is 33.9 Å². The van der Waals surface area contributed by atoms with Crippen LogP contribution in [0.5, 0.6) is 0 Å². The summed E-state index contributed by atoms with van der Waals surface area (Å²) >= 11 is 0. The van der Waals surface area contributed by atoms with Crippen LogP contribution in [0.3, 0.4) is 0 Å². The molecule has 1 atom stereocenters. The number of aryl methyl sites for hydroxylation is 2. The van der Waals surface area contributed by atoms with Crippen LogP contribution in [0.25, 0.3) is 0 Å². The monoisotopic (exact) mass is 319 g/mol. The predicted molar refractivity (Wildman–Crippen MR) is 89.0 cm³/mol. The highest BCUT2D eigenvalue weighted by atomic mass is 16.4. The van der Waals surface area contributed by atoms with Crippen molar-refractivity contribution < 1.29 is 9.52 Å². The van der Waals surface area contributed by atoms with Gasteiger partial charge in [0.05, 0.1) is 18.8 Å². The lowest BCUT2D eigenvalue weighted by molar-refractivity contribution is 0.0378. The Morgan fingerprint density at radius 1 is 1.39 bits per heavy atom. The van der Waals surface area contributed by atoms with Crippen LogP contribution in [0.15, 0.2) is 33.8 Å². The van der Waals surface area contributed by atoms with Gasteiger partial charge in [-0.1, -0.05) is 0 Å². The second-order valence-electron chi connectivity index (χ2n) is 5.68. The van der Waals surface area contributed by atoms with Crippen molar-refractivity contribution in [2.24, 2.45) is 12.0 Å². The van der Waals surface area contributed by atoms with Gasteiger partial charge < -0.3 is 20.2 Å². The number of furan rings is 1. The molecular weight excluding hydrogens is 294 g/mol. The van der Waals surface area contributed by atoms with Crippen molar-refractivity contribution >= 4 is 5.96 Å². The van der Waals surface area contributed by atoms with Crippen LogP contribution in [0.2, 0.25) is 0 Å². The highest BCUT2D eigenvalue weighted by Crippen LogP contribution is 2.21. The van der Waals surface area contributed by atoms with Gasteiger partial charge in [-0.05, 0) is 39.0 Å². The van der Waals surface area contributed by atoms with Gasteiger partial charge >= 0.3 is 0 Å². The summed E-state index contributed by atoms with van der Waals surface area (Å²) in [5, 5.41) is 21.0. The first kappa shape index (κ1) is 17.1. The fourth-order valence-corrected chi connectivity index (χ4v) is 2.13. The first-order chi connectivity index (χ1) is 10.9. The first-order valence-electron chi connectivity index (χ1n) is 7.70. The van der Waals surface area contributed by atoms with Crippen molar-refractivity contribution in [3.05, 3.63) is 41.6 Å². The average molecular weight is 319 g/mol. The Morgan fingerprint density at radius 2 is 2.17 bits per heavy atom. The van der Waals surface area contributed by atoms with Gasteiger partial charge in [-0.2, -0.15) is 5.10 Å². The van der Waals surface area contributed by atoms with E-state index in [1.54, 1.807) is 23.9 Å². The third-order valence-corrected chi connectivity index (χ3v) is 3.54. The summed E-state index contributed by atoms with van der Waals surface area (Å²) in [6.45, 7) is 7.09. The fraction of sp³-hybridized carbons (Fsp3) is 0.500. The van der Waals surface area contributed by atoms with Gasteiger partial charge in [-0.25, -0.2) is 4.99 Å². The molecule has 0 bridgehead atoms. The molecule has 0 aromatic carbocycles. The molecule has 0 spiro atoms. The number of hydrogen-bond donors (Lipinski definition) is 3. The molecule has 3 N–H and O–H groups in total. The summed E-state index contributed by atoms with van der Waals surface area (Å²) in [6, 6.07) is 5.55. The molecule has 0 amide bonds. The summed E-state index contributed by atoms with van der Waals surface area (Å²) in [5.74, 6) is 1.94. The number of hydrogen-bond acceptors (Lipinski definition) is 4. The standard InChI is InChI=1S/C16H25N5O2/c1-5-17-15(18-10-13-8-9-20-21(13)4)19-11-16(3,22)14-7-6-12(2)23-14/h6-9,22H,5,10-11H2,1-4H3,(H2,17,18,19). The molecule has 0 aliphatic rings. The van der Waals surface area contributed by atoms with Crippen LogP contribution < -0.4 is 10.6 Å². The summed E-state index contributed by atoms with van der Waals surface area (Å²) < 4.78 is 7.30. The van der Waals surface area contributed by atoms with Gasteiger partial charge in [-0.15, -0.1) is 0 Å². The summed E-state index contributed by atoms with van der Waals surface area (Å²) in [4.78, 5) is 4.51. The van der Waals surface area contributed by atoms with E-state index in [0.717, 1.165) is 18.0 Å². The van der Waals surface area contributed by atoms with Crippen LogP contribution in [0.1, 0.15) is 31.1 Å². The molecule has 0 saturated heterocycles. The maximum Gasteiger partial charge on any atom is 0.191 e. The van der Waals surface area contributed by atoms with E-state index >= 15 is 0 Å². The maximum absolute atomic E-state index is 10.6. The molecule has 0 radical (unpaired) electrons. The van der Waals surface area contributed by atoms with Crippen molar-refractivity contribution in [1.29, 1.82) is 0 Å². The zero-order chi connectivity index (χ0) is 16.9. The Morgan fingerprint density at radius 3 is 2.74 bits per heavy atom. The minimum atomic E-state index is -1.11. The predicted octanol–water partition coefficient (Wildman–Crippen LogP) is 1.28. The molecule has 0 fully saturated rings. The number of nitrogens with zero attached hydrogens (tertiary/aromatic N) is 3. The molecule has 1 unspecified atom stereocenters. The largest absolute Gasteiger partial charge is 0.463 e. The highest BCUT2D eigenvalue weighted by Gasteiger charge is 2.27. The van der Waals surface area contributed by atoms with E-state index in [0.29, 0.717) is 18.3 Å². The zero-order valence-corrected chi connectivity index (χ0v) is 14.1. The SMILES string of the molecule is CCNC(=NCc1ccnn1C)NCC(C)(O)c1ccc(C)o1. The summed E-state index contributed by atoms with van der Waals surface area (Å²) in [5.41, 5.74) is -0.104. The van der Waals surface area contributed by atoms with Crippen LogP contribution in [-0.2, 0) is 19.2 Å². The Balaban J connectivity index is 2.00. The number of aliphatic hydroxyl groups is 1. The number of nitrogens with one attached hydrogen (secondary N) is 2. The third-order valence-electron chi connectivity index (χ3n) is 3.54. The Bertz CT molecular complexity index is 657. The lowest BCUT2D eigenvalue weighted by atomic mass is 10.0. The van der Waals surface area contributed by atoms with E-state index in [9.17, 15) is 5.11 Å². The highest BCUT2D eigenvalue weighted by molar-refractivity contribution is 5.79. The maximum atomic E-state index is 10.6. The van der Waals surface area contributed by atoms with Crippen molar-refractivity contribution in [2.45, 2.75) is 32.9 Å². The molecule has 0 aliphatic heterocycles. The van der Waals surface area contributed by atoms with Gasteiger partial charge in [0.25, 0.3) is 0 Å². The van der Waals surface area contributed by atoms with Crippen LogP contribution >= 0.6 is 0 Å². The minimum Gasteiger partial charge on any atom is -0.463 e. The minimum absolute atomic E-state index is 0.289. The normalized spacial score (nSPS) is 14.6. The second kappa shape index (κ2) is 7.32. The smallest absolute Gasteiger partial charge is 0.191 e. The lowest BCUT2D eigenvalue weighted by Gasteiger charge is -2.22. The van der Waals surface area contributed by atoms with Crippen molar-refractivity contribution in [3.63, 3.8) is 0 Å². The number of aliphatic imine (C=N–C) groups is 1. The molecule has 2 heterocycles. The third kappa shape index (κ3) is 4.59. The van der Waals surface area contributed by atoms with E-state index in [2.05, 4.69) is 20.7 Å². The lowest BCUT2D eigenvalue weighted by Crippen LogP contribution is -2.44. The molecule has 2 aromatic rings. The average Bonchev–Trinajstić information content (AvgIpc) is 3.11. The molecule has 126 valence electrons. The molecule has 2 rings (SSSR count). The van der Waals surface area contributed by atoms with Crippen molar-refractivity contribution in [2.75, 3.05) is 13.1 Å². The van der Waals surface area contributed by atoms with Gasteiger partial charge in [0.1, 0.15) is 17.1 Å². The molecule has 0 aliphatic carbocycles. The topological polar surface area (TPSA) is 87.6 Å². The first-order valence-corrected chi connectivity index (χ1v) is 7.70. The van der Waals surface area contributed by atoms with E-state index in [1.165, 1.54) is 0 Å². The van der Waals surface area contributed by atoms with E-state index in [-0.39, 0.29) is 6.54 Å². The Hall–Kier alpha value is -2.28. The Labute approximate surface area is 136 Å². The van der Waals surface area contributed by atoms with Gasteiger partial charge in [0.15, 0.2) is 5.96 Å². The van der Waals surface area contributed by atoms with E-state index < -0.39 is 5.60 Å². The number of aromatic nitrogens is 2. The second-order valence-corrected chi connectivity index (χ2v) is 5.68. The summed E-state index contributed by atoms with van der Waals surface area (Å²) in [6.07, 6.45) is 1.75. The van der Waals surface area contributed by atoms with Crippen LogP contribution in [0, 0.1) is 6.92 Å². The number of guanidine groups is 1. The van der Waals surface area contributed by atoms with E-state index in [1.807, 2.05) is 33.0 Å². The molecule has 23 heavy (non-hydrogen) atoms.